The molecule has 0 saturated carbocycles. The van der Waals surface area contributed by atoms with E-state index >= 15 is 0 Å². The Labute approximate surface area is 146 Å². The minimum atomic E-state index is -0.101. The van der Waals surface area contributed by atoms with Gasteiger partial charge < -0.3 is 16.1 Å². The lowest BCUT2D eigenvalue weighted by molar-refractivity contribution is -0.113. The number of aryl methyl sites for hydroxylation is 1. The molecule has 0 unspecified atom stereocenters. The maximum atomic E-state index is 12.1. The first-order valence-electron chi connectivity index (χ1n) is 7.90. The number of nitrogens with zero attached hydrogens (tertiary/aromatic N) is 4. The van der Waals surface area contributed by atoms with E-state index in [4.69, 9.17) is 5.84 Å². The van der Waals surface area contributed by atoms with Crippen LogP contribution in [0.2, 0.25) is 0 Å². The number of hydrogen-bond acceptors (Lipinski definition) is 6. The first-order chi connectivity index (χ1) is 11.5. The summed E-state index contributed by atoms with van der Waals surface area (Å²) < 4.78 is 1.47. The number of unbranched alkanes of at least 4 members (excludes halogenated alkanes) is 1. The Morgan fingerprint density at radius 1 is 1.29 bits per heavy atom. The van der Waals surface area contributed by atoms with Crippen molar-refractivity contribution in [3.63, 3.8) is 0 Å². The van der Waals surface area contributed by atoms with E-state index in [9.17, 15) is 4.79 Å². The maximum absolute atomic E-state index is 12.1. The van der Waals surface area contributed by atoms with E-state index in [2.05, 4.69) is 22.4 Å². The zero-order valence-electron chi connectivity index (χ0n) is 14.3. The van der Waals surface area contributed by atoms with Crippen LogP contribution in [0.4, 0.5) is 11.4 Å². The second-order valence-electron chi connectivity index (χ2n) is 5.65. The summed E-state index contributed by atoms with van der Waals surface area (Å²) in [6.07, 6.45) is 2.89. The van der Waals surface area contributed by atoms with Gasteiger partial charge in [-0.25, -0.2) is 4.68 Å². The molecule has 1 aromatic carbocycles. The Balaban J connectivity index is 1.86. The molecule has 0 bridgehead atoms. The van der Waals surface area contributed by atoms with Crippen molar-refractivity contribution in [3.8, 4) is 0 Å². The molecular weight excluding hydrogens is 324 g/mol. The number of hydrogen-bond donors (Lipinski definition) is 2. The molecular formula is C16H24N6OS. The highest BCUT2D eigenvalue weighted by atomic mass is 32.2. The van der Waals surface area contributed by atoms with Crippen molar-refractivity contribution in [1.82, 2.24) is 14.9 Å². The Bertz CT molecular complexity index is 668. The number of rotatable bonds is 8. The van der Waals surface area contributed by atoms with Crippen molar-refractivity contribution < 1.29 is 4.79 Å². The highest BCUT2D eigenvalue weighted by Gasteiger charge is 2.12. The largest absolute Gasteiger partial charge is 0.378 e. The summed E-state index contributed by atoms with van der Waals surface area (Å²) in [6, 6.07) is 7.68. The molecule has 0 radical (unpaired) electrons. The monoisotopic (exact) mass is 348 g/mol. The van der Waals surface area contributed by atoms with Gasteiger partial charge in [0.05, 0.1) is 5.75 Å². The van der Waals surface area contributed by atoms with Gasteiger partial charge in [0, 0.05) is 31.9 Å². The van der Waals surface area contributed by atoms with Crippen LogP contribution in [0.15, 0.2) is 29.4 Å². The summed E-state index contributed by atoms with van der Waals surface area (Å²) in [5.74, 6) is 6.84. The normalized spacial score (nSPS) is 10.6. The fourth-order valence-corrected chi connectivity index (χ4v) is 2.76. The first-order valence-corrected chi connectivity index (χ1v) is 8.89. The van der Waals surface area contributed by atoms with Crippen LogP contribution in [0.5, 0.6) is 0 Å². The highest BCUT2D eigenvalue weighted by molar-refractivity contribution is 7.99. The molecule has 7 nitrogen and oxygen atoms in total. The molecule has 24 heavy (non-hydrogen) atoms. The van der Waals surface area contributed by atoms with Gasteiger partial charge in [0.2, 0.25) is 11.1 Å². The van der Waals surface area contributed by atoms with Crippen molar-refractivity contribution in [3.05, 3.63) is 30.1 Å². The number of aromatic nitrogens is 3. The Kier molecular flexibility index (Phi) is 6.48. The van der Waals surface area contributed by atoms with Crippen molar-refractivity contribution in [1.29, 1.82) is 0 Å². The predicted octanol–water partition coefficient (Wildman–Crippen LogP) is 2.13. The fraction of sp³-hybridized carbons (Fsp3) is 0.438. The van der Waals surface area contributed by atoms with Crippen LogP contribution < -0.4 is 16.1 Å². The molecule has 2 rings (SSSR count). The van der Waals surface area contributed by atoms with Gasteiger partial charge in [0.15, 0.2) is 5.82 Å². The fourth-order valence-electron chi connectivity index (χ4n) is 2.08. The third-order valence-corrected chi connectivity index (χ3v) is 4.43. The quantitative estimate of drug-likeness (QED) is 0.561. The Hall–Kier alpha value is -2.22. The molecule has 0 aliphatic rings. The molecule has 0 aliphatic carbocycles. The van der Waals surface area contributed by atoms with Crippen LogP contribution in [0.3, 0.4) is 0 Å². The molecule has 130 valence electrons. The van der Waals surface area contributed by atoms with Gasteiger partial charge in [-0.3, -0.25) is 4.79 Å². The van der Waals surface area contributed by atoms with Gasteiger partial charge in [-0.2, -0.15) is 0 Å². The molecule has 0 atom stereocenters. The van der Waals surface area contributed by atoms with E-state index in [1.807, 2.05) is 43.3 Å². The summed E-state index contributed by atoms with van der Waals surface area (Å²) >= 11 is 1.28. The van der Waals surface area contributed by atoms with E-state index in [1.54, 1.807) is 0 Å². The zero-order valence-corrected chi connectivity index (χ0v) is 15.1. The van der Waals surface area contributed by atoms with Gasteiger partial charge in [-0.05, 0) is 30.7 Å². The molecule has 1 heterocycles. The van der Waals surface area contributed by atoms with E-state index in [1.165, 1.54) is 16.4 Å². The van der Waals surface area contributed by atoms with Crippen LogP contribution >= 0.6 is 11.8 Å². The molecule has 0 aliphatic heterocycles. The number of nitrogens with two attached hydrogens (primary N) is 1. The lowest BCUT2D eigenvalue weighted by Gasteiger charge is -2.13. The second kappa shape index (κ2) is 8.58. The Morgan fingerprint density at radius 3 is 2.62 bits per heavy atom. The molecule has 8 heteroatoms. The van der Waals surface area contributed by atoms with Crippen molar-refractivity contribution in [2.45, 2.75) is 31.3 Å². The number of nitrogens with one attached hydrogen (secondary N) is 1. The van der Waals surface area contributed by atoms with Crippen molar-refractivity contribution in [2.75, 3.05) is 35.9 Å². The van der Waals surface area contributed by atoms with E-state index in [-0.39, 0.29) is 11.7 Å². The summed E-state index contributed by atoms with van der Waals surface area (Å²) in [4.78, 5) is 14.1. The Morgan fingerprint density at radius 2 is 2.00 bits per heavy atom. The lowest BCUT2D eigenvalue weighted by Crippen LogP contribution is -2.17. The second-order valence-corrected chi connectivity index (χ2v) is 6.59. The molecule has 1 amide bonds. The number of benzene rings is 1. The van der Waals surface area contributed by atoms with Gasteiger partial charge in [-0.15, -0.1) is 10.2 Å². The van der Waals surface area contributed by atoms with Crippen LogP contribution in [0.25, 0.3) is 0 Å². The molecule has 2 aromatic rings. The SMILES string of the molecule is CCCCc1nnc(SCC(=O)Nc2ccc(N(C)C)cc2)n1N. The lowest BCUT2D eigenvalue weighted by atomic mass is 10.2. The van der Waals surface area contributed by atoms with E-state index in [0.717, 1.165) is 36.5 Å². The van der Waals surface area contributed by atoms with Crippen LogP contribution in [0, 0.1) is 0 Å². The molecule has 1 aromatic heterocycles. The van der Waals surface area contributed by atoms with Gasteiger partial charge in [0.25, 0.3) is 0 Å². The number of carbonyl (C=O) groups excluding carboxylic acids is 1. The number of thioether (sulfide) groups is 1. The van der Waals surface area contributed by atoms with E-state index < -0.39 is 0 Å². The highest BCUT2D eigenvalue weighted by Crippen LogP contribution is 2.18. The van der Waals surface area contributed by atoms with Crippen molar-refractivity contribution >= 4 is 29.0 Å². The third kappa shape index (κ3) is 4.89. The summed E-state index contributed by atoms with van der Waals surface area (Å²) in [7, 11) is 3.95. The number of nitrogen functional groups attached to an aromatic ring is 1. The van der Waals surface area contributed by atoms with Crippen LogP contribution in [-0.2, 0) is 11.2 Å². The minimum absolute atomic E-state index is 0.101. The predicted molar refractivity (Wildman–Crippen MR) is 98.9 cm³/mol. The molecule has 0 saturated heterocycles. The molecule has 0 fully saturated rings. The minimum Gasteiger partial charge on any atom is -0.378 e. The van der Waals surface area contributed by atoms with Crippen molar-refractivity contribution in [2.24, 2.45) is 0 Å². The average Bonchev–Trinajstić information content (AvgIpc) is 2.91. The zero-order chi connectivity index (χ0) is 17.5. The van der Waals surface area contributed by atoms with Gasteiger partial charge in [0.1, 0.15) is 0 Å². The molecule has 0 spiro atoms. The third-order valence-electron chi connectivity index (χ3n) is 3.49. The number of carbonyl (C=O) groups is 1. The van der Waals surface area contributed by atoms with Gasteiger partial charge in [-0.1, -0.05) is 25.1 Å². The average molecular weight is 348 g/mol. The standard InChI is InChI=1S/C16H24N6OS/c1-4-5-6-14-19-20-16(22(14)17)24-11-15(23)18-12-7-9-13(10-8-12)21(2)3/h7-10H,4-6,11,17H2,1-3H3,(H,18,23). The number of anilines is 2. The smallest absolute Gasteiger partial charge is 0.234 e. The topological polar surface area (TPSA) is 89.1 Å². The summed E-state index contributed by atoms with van der Waals surface area (Å²) in [6.45, 7) is 2.11. The number of amides is 1. The first kappa shape index (κ1) is 18.1. The van der Waals surface area contributed by atoms with E-state index in [0.29, 0.717) is 5.16 Å². The van der Waals surface area contributed by atoms with Crippen LogP contribution in [-0.4, -0.2) is 40.6 Å². The van der Waals surface area contributed by atoms with Crippen LogP contribution in [0.1, 0.15) is 25.6 Å². The molecule has 3 N–H and O–H groups in total. The van der Waals surface area contributed by atoms with Gasteiger partial charge >= 0.3 is 0 Å². The summed E-state index contributed by atoms with van der Waals surface area (Å²) in [5, 5.41) is 11.5. The summed E-state index contributed by atoms with van der Waals surface area (Å²) in [5.41, 5.74) is 1.85. The maximum Gasteiger partial charge on any atom is 0.234 e.